The highest BCUT2D eigenvalue weighted by Gasteiger charge is 2.72. The van der Waals surface area contributed by atoms with Crippen LogP contribution in [0, 0.1) is 5.92 Å². The number of esters is 1. The van der Waals surface area contributed by atoms with Crippen molar-refractivity contribution in [3.8, 4) is 0 Å². The van der Waals surface area contributed by atoms with Gasteiger partial charge >= 0.3 is 5.97 Å². The molecule has 2 rings (SSSR count). The molecule has 5 nitrogen and oxygen atoms in total. The lowest BCUT2D eigenvalue weighted by Gasteiger charge is -2.24. The zero-order valence-corrected chi connectivity index (χ0v) is 14.3. The van der Waals surface area contributed by atoms with Crippen molar-refractivity contribution in [1.29, 1.82) is 0 Å². The van der Waals surface area contributed by atoms with Crippen LogP contribution in [-0.4, -0.2) is 50.2 Å². The molecule has 0 radical (unpaired) electrons. The van der Waals surface area contributed by atoms with Gasteiger partial charge in [-0.1, -0.05) is 26.7 Å². The quantitative estimate of drug-likeness (QED) is 0.484. The highest BCUT2D eigenvalue weighted by molar-refractivity contribution is 5.78. The van der Waals surface area contributed by atoms with E-state index < -0.39 is 5.60 Å². The second-order valence-electron chi connectivity index (χ2n) is 6.39. The summed E-state index contributed by atoms with van der Waals surface area (Å²) < 4.78 is 23.2. The molecule has 5 atom stereocenters. The maximum absolute atomic E-state index is 11.9. The minimum atomic E-state index is -0.531. The summed E-state index contributed by atoms with van der Waals surface area (Å²) >= 11 is 0. The highest BCUT2D eigenvalue weighted by Crippen LogP contribution is 2.57. The van der Waals surface area contributed by atoms with E-state index >= 15 is 0 Å². The molecule has 1 heterocycles. The number of hydrogen-bond donors (Lipinski definition) is 0. The topological polar surface area (TPSA) is 54.0 Å². The summed E-state index contributed by atoms with van der Waals surface area (Å²) in [6.07, 6.45) is 4.56. The fourth-order valence-electron chi connectivity index (χ4n) is 3.31. The van der Waals surface area contributed by atoms with Crippen LogP contribution in [0.15, 0.2) is 0 Å². The van der Waals surface area contributed by atoms with E-state index in [0.29, 0.717) is 19.6 Å². The van der Waals surface area contributed by atoms with Crippen molar-refractivity contribution in [2.24, 2.45) is 5.92 Å². The van der Waals surface area contributed by atoms with Crippen LogP contribution < -0.4 is 0 Å². The lowest BCUT2D eigenvalue weighted by Crippen LogP contribution is -2.40. The van der Waals surface area contributed by atoms with Crippen molar-refractivity contribution in [1.82, 2.24) is 0 Å². The molecule has 1 saturated heterocycles. The molecule has 2 fully saturated rings. The Kier molecular flexibility index (Phi) is 6.24. The molecule has 0 bridgehead atoms. The molecule has 0 amide bonds. The van der Waals surface area contributed by atoms with Crippen LogP contribution >= 0.6 is 0 Å². The van der Waals surface area contributed by atoms with Crippen molar-refractivity contribution in [2.75, 3.05) is 20.3 Å². The van der Waals surface area contributed by atoms with Crippen LogP contribution in [0.25, 0.3) is 0 Å². The minimum Gasteiger partial charge on any atom is -0.469 e. The number of carbonyl (C=O) groups is 1. The minimum absolute atomic E-state index is 0.0573. The molecule has 0 aromatic carbocycles. The van der Waals surface area contributed by atoms with Crippen LogP contribution in [-0.2, 0) is 23.7 Å². The van der Waals surface area contributed by atoms with Gasteiger partial charge in [-0.3, -0.25) is 4.79 Å². The van der Waals surface area contributed by atoms with E-state index in [9.17, 15) is 4.79 Å². The molecule has 2 aliphatic rings. The third-order valence-electron chi connectivity index (χ3n) is 4.69. The molecule has 0 N–H and O–H groups in total. The fraction of sp³-hybridized carbons (Fsp3) is 0.941. The number of carbonyl (C=O) groups excluding carboxylic acids is 1. The number of ether oxygens (including phenoxy) is 4. The molecule has 0 aromatic rings. The zero-order chi connectivity index (χ0) is 16.2. The molecule has 22 heavy (non-hydrogen) atoms. The van der Waals surface area contributed by atoms with E-state index in [4.69, 9.17) is 18.9 Å². The first-order valence-corrected chi connectivity index (χ1v) is 8.59. The van der Waals surface area contributed by atoms with E-state index in [1.807, 2.05) is 6.92 Å². The predicted molar refractivity (Wildman–Crippen MR) is 82.7 cm³/mol. The van der Waals surface area contributed by atoms with Gasteiger partial charge in [0.25, 0.3) is 0 Å². The third kappa shape index (κ3) is 3.47. The number of unbranched alkanes of at least 4 members (excludes halogenated alkanes) is 2. The highest BCUT2D eigenvalue weighted by atomic mass is 16.6. The summed E-state index contributed by atoms with van der Waals surface area (Å²) in [4.78, 5) is 11.9. The molecule has 1 aliphatic carbocycles. The van der Waals surface area contributed by atoms with E-state index in [2.05, 4.69) is 13.8 Å². The summed E-state index contributed by atoms with van der Waals surface area (Å²) in [6.45, 7) is 7.68. The van der Waals surface area contributed by atoms with Gasteiger partial charge in [-0.2, -0.15) is 0 Å². The summed E-state index contributed by atoms with van der Waals surface area (Å²) in [6, 6.07) is 0. The average Bonchev–Trinajstić information content (AvgIpc) is 3.16. The zero-order valence-electron chi connectivity index (χ0n) is 14.3. The standard InChI is InChI=1S/C17H30O5/c1-5-7-9-20-14-12(3)22-17(11-13(17)16(18)19-4)15(14)21-10-8-6-2/h12-15H,5-11H2,1-4H3/t12-,13?,14+,15-,17?/m0/s1. The van der Waals surface area contributed by atoms with Crippen molar-refractivity contribution in [2.45, 2.75) is 76.8 Å². The molecular weight excluding hydrogens is 284 g/mol. The van der Waals surface area contributed by atoms with Gasteiger partial charge in [0, 0.05) is 13.2 Å². The third-order valence-corrected chi connectivity index (χ3v) is 4.69. The smallest absolute Gasteiger partial charge is 0.311 e. The van der Waals surface area contributed by atoms with Gasteiger partial charge in [-0.25, -0.2) is 0 Å². The molecule has 1 aliphatic heterocycles. The van der Waals surface area contributed by atoms with Crippen LogP contribution in [0.1, 0.15) is 52.9 Å². The fourth-order valence-corrected chi connectivity index (χ4v) is 3.31. The number of hydrogen-bond acceptors (Lipinski definition) is 5. The number of methoxy groups -OCH3 is 1. The van der Waals surface area contributed by atoms with Crippen molar-refractivity contribution in [3.05, 3.63) is 0 Å². The Hall–Kier alpha value is -0.650. The Balaban J connectivity index is 2.04. The molecule has 128 valence electrons. The maximum Gasteiger partial charge on any atom is 0.311 e. The second-order valence-corrected chi connectivity index (χ2v) is 6.39. The van der Waals surface area contributed by atoms with Crippen LogP contribution in [0.5, 0.6) is 0 Å². The van der Waals surface area contributed by atoms with Gasteiger partial charge in [0.1, 0.15) is 17.8 Å². The molecule has 1 spiro atoms. The molecular formula is C17H30O5. The van der Waals surface area contributed by atoms with E-state index in [0.717, 1.165) is 25.7 Å². The van der Waals surface area contributed by atoms with E-state index in [1.54, 1.807) is 0 Å². The Morgan fingerprint density at radius 2 is 1.82 bits per heavy atom. The summed E-state index contributed by atoms with van der Waals surface area (Å²) in [7, 11) is 1.43. The number of rotatable bonds is 9. The van der Waals surface area contributed by atoms with Crippen LogP contribution in [0.3, 0.4) is 0 Å². The summed E-state index contributed by atoms with van der Waals surface area (Å²) in [5.74, 6) is -0.420. The van der Waals surface area contributed by atoms with Gasteiger partial charge in [-0.15, -0.1) is 0 Å². The van der Waals surface area contributed by atoms with Crippen molar-refractivity contribution >= 4 is 5.97 Å². The average molecular weight is 314 g/mol. The first-order chi connectivity index (χ1) is 10.6. The van der Waals surface area contributed by atoms with Gasteiger partial charge in [-0.05, 0) is 26.2 Å². The first-order valence-electron chi connectivity index (χ1n) is 8.59. The van der Waals surface area contributed by atoms with Crippen molar-refractivity contribution in [3.63, 3.8) is 0 Å². The predicted octanol–water partition coefficient (Wildman–Crippen LogP) is 2.71. The van der Waals surface area contributed by atoms with Crippen molar-refractivity contribution < 1.29 is 23.7 Å². The molecule has 5 heteroatoms. The summed E-state index contributed by atoms with van der Waals surface area (Å²) in [5.41, 5.74) is -0.531. The van der Waals surface area contributed by atoms with E-state index in [1.165, 1.54) is 7.11 Å². The maximum atomic E-state index is 11.9. The van der Waals surface area contributed by atoms with E-state index in [-0.39, 0.29) is 30.2 Å². The lowest BCUT2D eigenvalue weighted by molar-refractivity contribution is -0.146. The largest absolute Gasteiger partial charge is 0.469 e. The molecule has 2 unspecified atom stereocenters. The Morgan fingerprint density at radius 1 is 1.18 bits per heavy atom. The lowest BCUT2D eigenvalue weighted by atomic mass is 10.0. The summed E-state index contributed by atoms with van der Waals surface area (Å²) in [5, 5.41) is 0. The van der Waals surface area contributed by atoms with Gasteiger partial charge < -0.3 is 18.9 Å². The van der Waals surface area contributed by atoms with Crippen LogP contribution in [0.2, 0.25) is 0 Å². The second kappa shape index (κ2) is 7.75. The van der Waals surface area contributed by atoms with Gasteiger partial charge in [0.15, 0.2) is 0 Å². The SMILES string of the molecule is CCCCO[C@@H]1[C@H](C)OC2(CC2C(=O)OC)[C@H]1OCCCC. The van der Waals surface area contributed by atoms with Gasteiger partial charge in [0.2, 0.25) is 0 Å². The molecule has 0 aromatic heterocycles. The monoisotopic (exact) mass is 314 g/mol. The molecule has 1 saturated carbocycles. The Morgan fingerprint density at radius 3 is 2.41 bits per heavy atom. The van der Waals surface area contributed by atoms with Gasteiger partial charge in [0.05, 0.1) is 19.1 Å². The Bertz CT molecular complexity index is 372. The first kappa shape index (κ1) is 17.7. The van der Waals surface area contributed by atoms with Crippen LogP contribution in [0.4, 0.5) is 0 Å². The normalized spacial score (nSPS) is 36.7. The Labute approximate surface area is 133 Å².